The third-order valence-electron chi connectivity index (χ3n) is 4.63. The van der Waals surface area contributed by atoms with Crippen LogP contribution in [0.5, 0.6) is 0 Å². The van der Waals surface area contributed by atoms with Gasteiger partial charge in [-0.05, 0) is 45.4 Å². The number of amides is 1. The smallest absolute Gasteiger partial charge is 0.461 e. The fraction of sp³-hybridized carbons (Fsp3) is 0.522. The van der Waals surface area contributed by atoms with Crippen LogP contribution in [0.4, 0.5) is 9.59 Å². The van der Waals surface area contributed by atoms with Crippen molar-refractivity contribution >= 4 is 28.1 Å². The van der Waals surface area contributed by atoms with Crippen molar-refractivity contribution in [1.82, 2.24) is 5.32 Å². The molecular formula is C23H31NO9S. The molecule has 0 bridgehead atoms. The molecule has 1 heterocycles. The maximum atomic E-state index is 12.8. The molecule has 11 heteroatoms. The number of alkyl carbamates (subject to hydrolysis) is 1. The topological polar surface area (TPSA) is 134 Å². The Morgan fingerprint density at radius 2 is 1.85 bits per heavy atom. The van der Waals surface area contributed by atoms with Gasteiger partial charge in [0.25, 0.3) is 0 Å². The summed E-state index contributed by atoms with van der Waals surface area (Å²) in [6.45, 7) is 6.77. The minimum absolute atomic E-state index is 0.000722. The van der Waals surface area contributed by atoms with Gasteiger partial charge in [0.15, 0.2) is 15.1 Å². The van der Waals surface area contributed by atoms with E-state index in [1.807, 2.05) is 0 Å². The fourth-order valence-corrected chi connectivity index (χ4v) is 4.73. The van der Waals surface area contributed by atoms with E-state index in [4.69, 9.17) is 18.9 Å². The third kappa shape index (κ3) is 8.36. The Hall–Kier alpha value is -3.08. The van der Waals surface area contributed by atoms with Gasteiger partial charge < -0.3 is 24.3 Å². The maximum absolute atomic E-state index is 12.8. The van der Waals surface area contributed by atoms with Gasteiger partial charge in [0.1, 0.15) is 18.3 Å². The van der Waals surface area contributed by atoms with Crippen molar-refractivity contribution in [3.8, 4) is 0 Å². The van der Waals surface area contributed by atoms with E-state index in [2.05, 4.69) is 5.32 Å². The first-order valence-corrected chi connectivity index (χ1v) is 12.4. The molecule has 1 amide bonds. The minimum Gasteiger partial charge on any atom is -0.461 e. The Morgan fingerprint density at radius 3 is 2.47 bits per heavy atom. The predicted octanol–water partition coefficient (Wildman–Crippen LogP) is 3.16. The van der Waals surface area contributed by atoms with Gasteiger partial charge in [-0.1, -0.05) is 24.3 Å². The maximum Gasteiger partial charge on any atom is 0.508 e. The number of esters is 1. The average Bonchev–Trinajstić information content (AvgIpc) is 3.14. The van der Waals surface area contributed by atoms with E-state index >= 15 is 0 Å². The van der Waals surface area contributed by atoms with Gasteiger partial charge in [0, 0.05) is 19.4 Å². The Labute approximate surface area is 199 Å². The Balaban J connectivity index is 2.05. The summed E-state index contributed by atoms with van der Waals surface area (Å²) in [6.07, 6.45) is -0.424. The molecule has 0 aromatic heterocycles. The van der Waals surface area contributed by atoms with Crippen molar-refractivity contribution in [2.75, 3.05) is 19.8 Å². The van der Waals surface area contributed by atoms with Gasteiger partial charge in [-0.3, -0.25) is 4.79 Å². The molecule has 2 rings (SSSR count). The summed E-state index contributed by atoms with van der Waals surface area (Å²) in [7, 11) is -3.88. The minimum atomic E-state index is -3.88. The van der Waals surface area contributed by atoms with Crippen LogP contribution >= 0.6 is 0 Å². The quantitative estimate of drug-likeness (QED) is 0.310. The number of rotatable bonds is 9. The second-order valence-electron chi connectivity index (χ2n) is 8.57. The molecule has 1 saturated heterocycles. The highest BCUT2D eigenvalue weighted by atomic mass is 32.2. The standard InChI is InChI=1S/C23H31NO9S/c1-5-30-22(27)31-15-16(14-24-21(26)33-23(2,3)4)11-12-17-13-19(20(25)32-17)34(28,29)18-9-7-6-8-10-18/h6-11,17,19H,5,12-15H2,1-4H3,(H,24,26)/b16-11+/t17-,19?/m0/s1. The largest absolute Gasteiger partial charge is 0.508 e. The first kappa shape index (κ1) is 27.2. The molecule has 1 aliphatic rings. The number of cyclic esters (lactones) is 1. The number of benzene rings is 1. The van der Waals surface area contributed by atoms with Gasteiger partial charge >= 0.3 is 18.2 Å². The molecule has 1 unspecified atom stereocenters. The van der Waals surface area contributed by atoms with Gasteiger partial charge in [-0.2, -0.15) is 0 Å². The van der Waals surface area contributed by atoms with Crippen molar-refractivity contribution in [2.45, 2.75) is 62.4 Å². The molecule has 188 valence electrons. The van der Waals surface area contributed by atoms with Crippen LogP contribution in [-0.2, 0) is 33.6 Å². The number of carbonyl (C=O) groups excluding carboxylic acids is 3. The molecule has 0 spiro atoms. The molecule has 0 aliphatic carbocycles. The summed E-state index contributed by atoms with van der Waals surface area (Å²) in [5, 5.41) is 1.27. The van der Waals surface area contributed by atoms with Crippen LogP contribution in [0.2, 0.25) is 0 Å². The van der Waals surface area contributed by atoms with E-state index in [9.17, 15) is 22.8 Å². The zero-order valence-electron chi connectivity index (χ0n) is 19.7. The fourth-order valence-electron chi connectivity index (χ4n) is 3.09. The lowest BCUT2D eigenvalue weighted by Crippen LogP contribution is -2.34. The lowest BCUT2D eigenvalue weighted by molar-refractivity contribution is -0.141. The van der Waals surface area contributed by atoms with E-state index in [1.54, 1.807) is 52.0 Å². The Morgan fingerprint density at radius 1 is 1.18 bits per heavy atom. The van der Waals surface area contributed by atoms with E-state index in [-0.39, 0.29) is 37.5 Å². The van der Waals surface area contributed by atoms with Crippen molar-refractivity contribution < 1.29 is 41.7 Å². The second kappa shape index (κ2) is 11.9. The van der Waals surface area contributed by atoms with Gasteiger partial charge in [0.05, 0.1) is 11.5 Å². The van der Waals surface area contributed by atoms with Crippen molar-refractivity contribution in [3.63, 3.8) is 0 Å². The van der Waals surface area contributed by atoms with Crippen LogP contribution in [0.1, 0.15) is 40.5 Å². The molecule has 10 nitrogen and oxygen atoms in total. The van der Waals surface area contributed by atoms with E-state index in [0.717, 1.165) is 0 Å². The van der Waals surface area contributed by atoms with Crippen molar-refractivity contribution in [1.29, 1.82) is 0 Å². The molecule has 0 radical (unpaired) electrons. The summed E-state index contributed by atoms with van der Waals surface area (Å²) in [6, 6.07) is 7.72. The highest BCUT2D eigenvalue weighted by molar-refractivity contribution is 7.92. The van der Waals surface area contributed by atoms with Crippen LogP contribution < -0.4 is 5.32 Å². The van der Waals surface area contributed by atoms with E-state index in [0.29, 0.717) is 5.57 Å². The first-order valence-electron chi connectivity index (χ1n) is 10.9. The van der Waals surface area contributed by atoms with Crippen LogP contribution in [0, 0.1) is 0 Å². The zero-order valence-corrected chi connectivity index (χ0v) is 20.6. The molecule has 2 atom stereocenters. The summed E-state index contributed by atoms with van der Waals surface area (Å²) in [5.41, 5.74) is -0.198. The lowest BCUT2D eigenvalue weighted by atomic mass is 10.1. The molecule has 0 saturated carbocycles. The predicted molar refractivity (Wildman–Crippen MR) is 122 cm³/mol. The van der Waals surface area contributed by atoms with Gasteiger partial charge in [-0.15, -0.1) is 0 Å². The summed E-state index contributed by atoms with van der Waals surface area (Å²) in [5.74, 6) is -0.807. The molecule has 1 N–H and O–H groups in total. The summed E-state index contributed by atoms with van der Waals surface area (Å²) < 4.78 is 45.8. The molecular weight excluding hydrogens is 466 g/mol. The van der Waals surface area contributed by atoms with Crippen LogP contribution in [-0.4, -0.2) is 63.3 Å². The van der Waals surface area contributed by atoms with Crippen LogP contribution in [0.3, 0.4) is 0 Å². The van der Waals surface area contributed by atoms with E-state index in [1.165, 1.54) is 12.1 Å². The molecule has 34 heavy (non-hydrogen) atoms. The molecule has 1 fully saturated rings. The highest BCUT2D eigenvalue weighted by Gasteiger charge is 2.43. The van der Waals surface area contributed by atoms with Crippen molar-refractivity contribution in [2.24, 2.45) is 0 Å². The number of sulfone groups is 1. The summed E-state index contributed by atoms with van der Waals surface area (Å²) >= 11 is 0. The second-order valence-corrected chi connectivity index (χ2v) is 10.7. The average molecular weight is 498 g/mol. The van der Waals surface area contributed by atoms with Gasteiger partial charge in [-0.25, -0.2) is 18.0 Å². The highest BCUT2D eigenvalue weighted by Crippen LogP contribution is 2.28. The van der Waals surface area contributed by atoms with Crippen LogP contribution in [0.15, 0.2) is 46.9 Å². The monoisotopic (exact) mass is 497 g/mol. The first-order chi connectivity index (χ1) is 15.9. The summed E-state index contributed by atoms with van der Waals surface area (Å²) in [4.78, 5) is 35.9. The number of carbonyl (C=O) groups is 3. The molecule has 1 aromatic rings. The molecule has 1 aromatic carbocycles. The third-order valence-corrected chi connectivity index (χ3v) is 6.70. The number of hydrogen-bond acceptors (Lipinski definition) is 9. The Bertz CT molecular complexity index is 997. The van der Waals surface area contributed by atoms with Crippen LogP contribution in [0.25, 0.3) is 0 Å². The van der Waals surface area contributed by atoms with Gasteiger partial charge in [0.2, 0.25) is 0 Å². The Kier molecular flexibility index (Phi) is 9.48. The zero-order chi connectivity index (χ0) is 25.4. The SMILES string of the molecule is CCOC(=O)OC/C(=C/C[C@H]1CC(S(=O)(=O)c2ccccc2)C(=O)O1)CNC(=O)OC(C)(C)C. The van der Waals surface area contributed by atoms with Crippen molar-refractivity contribution in [3.05, 3.63) is 42.0 Å². The number of ether oxygens (including phenoxy) is 4. The van der Waals surface area contributed by atoms with E-state index < -0.39 is 45.0 Å². The number of hydrogen-bond donors (Lipinski definition) is 1. The normalized spacial score (nSPS) is 18.7. The number of nitrogens with one attached hydrogen (secondary N) is 1. The lowest BCUT2D eigenvalue weighted by Gasteiger charge is -2.20. The molecule has 1 aliphatic heterocycles.